The van der Waals surface area contributed by atoms with Crippen LogP contribution in [0, 0.1) is 13.8 Å². The Labute approximate surface area is 245 Å². The van der Waals surface area contributed by atoms with Gasteiger partial charge in [-0.15, -0.1) is 0 Å². The number of aromatic nitrogens is 1. The maximum Gasteiger partial charge on any atom is 0.261 e. The number of methoxy groups -OCH3 is 1. The number of aryl methyl sites for hydroxylation is 2. The number of benzene rings is 3. The van der Waals surface area contributed by atoms with Crippen LogP contribution in [0.4, 0.5) is 5.69 Å². The summed E-state index contributed by atoms with van der Waals surface area (Å²) in [5.74, 6) is 0.576. The molecule has 7 heteroatoms. The minimum atomic E-state index is -0.417. The number of ketones is 1. The Morgan fingerprint density at radius 1 is 0.925 bits per heavy atom. The van der Waals surface area contributed by atoms with E-state index < -0.39 is 6.04 Å². The molecule has 1 aromatic heterocycles. The summed E-state index contributed by atoms with van der Waals surface area (Å²) in [5.41, 5.74) is 7.37. The molecule has 1 atom stereocenters. The number of nitrogens with zero attached hydrogens (tertiary/aromatic N) is 2. The zero-order valence-electron chi connectivity index (χ0n) is 23.5. The van der Waals surface area contributed by atoms with E-state index in [9.17, 15) is 9.59 Å². The highest BCUT2D eigenvalue weighted by molar-refractivity contribution is 6.31. The third kappa shape index (κ3) is 4.61. The van der Waals surface area contributed by atoms with Crippen LogP contribution in [0.2, 0.25) is 10.0 Å². The Hall–Kier alpha value is -3.54. The average Bonchev–Trinajstić information content (AvgIpc) is 3.44. The fraction of sp³-hybridized carbons (Fsp3) is 0.273. The zero-order valence-corrected chi connectivity index (χ0v) is 25.0. The molecule has 40 heavy (non-hydrogen) atoms. The van der Waals surface area contributed by atoms with Crippen LogP contribution in [0.5, 0.6) is 5.75 Å². The number of hydrogen-bond donors (Lipinski definition) is 0. The van der Waals surface area contributed by atoms with Gasteiger partial charge in [0.25, 0.3) is 5.91 Å². The summed E-state index contributed by atoms with van der Waals surface area (Å²) in [6.45, 7) is 10.0. The molecule has 0 fully saturated rings. The van der Waals surface area contributed by atoms with E-state index in [-0.39, 0.29) is 17.7 Å². The summed E-state index contributed by atoms with van der Waals surface area (Å²) in [6.07, 6.45) is 0.401. The number of ether oxygens (including phenoxy) is 1. The molecule has 0 aliphatic carbocycles. The predicted octanol–water partition coefficient (Wildman–Crippen LogP) is 9.01. The first-order valence-corrected chi connectivity index (χ1v) is 14.1. The summed E-state index contributed by atoms with van der Waals surface area (Å²) in [5, 5.41) is 1.20. The Morgan fingerprint density at radius 3 is 2.27 bits per heavy atom. The number of anilines is 1. The molecular weight excluding hydrogens is 543 g/mol. The van der Waals surface area contributed by atoms with Crippen LogP contribution in [-0.2, 0) is 0 Å². The molecule has 3 aromatic carbocycles. The largest absolute Gasteiger partial charge is 0.496 e. The van der Waals surface area contributed by atoms with Crippen molar-refractivity contribution in [3.8, 4) is 17.0 Å². The third-order valence-electron chi connectivity index (χ3n) is 7.63. The molecule has 0 saturated heterocycles. The minimum Gasteiger partial charge on any atom is -0.496 e. The lowest BCUT2D eigenvalue weighted by molar-refractivity contribution is 0.0982. The molecular formula is C33H32Cl2N2O3. The molecule has 0 bridgehead atoms. The van der Waals surface area contributed by atoms with Crippen molar-refractivity contribution in [1.29, 1.82) is 0 Å². The van der Waals surface area contributed by atoms with Gasteiger partial charge < -0.3 is 9.30 Å². The van der Waals surface area contributed by atoms with Crippen LogP contribution in [0.15, 0.2) is 60.7 Å². The molecule has 1 aliphatic rings. The van der Waals surface area contributed by atoms with Crippen LogP contribution in [0.25, 0.3) is 11.3 Å². The highest BCUT2D eigenvalue weighted by atomic mass is 35.5. The van der Waals surface area contributed by atoms with Crippen LogP contribution < -0.4 is 9.64 Å². The van der Waals surface area contributed by atoms with Crippen molar-refractivity contribution in [2.24, 2.45) is 0 Å². The molecule has 0 N–H and O–H groups in total. The van der Waals surface area contributed by atoms with Gasteiger partial charge in [-0.1, -0.05) is 42.3 Å². The highest BCUT2D eigenvalue weighted by Gasteiger charge is 2.44. The van der Waals surface area contributed by atoms with E-state index in [0.717, 1.165) is 39.3 Å². The molecule has 0 spiro atoms. The van der Waals surface area contributed by atoms with Gasteiger partial charge in [-0.05, 0) is 92.9 Å². The topological polar surface area (TPSA) is 51.5 Å². The molecule has 0 unspecified atom stereocenters. The number of halogens is 2. The van der Waals surface area contributed by atoms with Crippen molar-refractivity contribution < 1.29 is 14.3 Å². The van der Waals surface area contributed by atoms with Crippen molar-refractivity contribution in [2.45, 2.75) is 53.1 Å². The number of carbonyl (C=O) groups excluding carboxylic acids is 2. The number of amides is 1. The molecule has 0 saturated carbocycles. The summed E-state index contributed by atoms with van der Waals surface area (Å²) in [6, 6.07) is 18.4. The Morgan fingerprint density at radius 2 is 1.62 bits per heavy atom. The number of Topliss-reactive ketones (excluding diaryl/α,β-unsaturated/α-hetero) is 1. The van der Waals surface area contributed by atoms with E-state index in [1.165, 1.54) is 0 Å². The zero-order chi connectivity index (χ0) is 28.9. The molecule has 0 radical (unpaired) electrons. The maximum absolute atomic E-state index is 14.4. The first-order chi connectivity index (χ1) is 19.1. The predicted molar refractivity (Wildman–Crippen MR) is 162 cm³/mol. The standard InChI is InChI=1S/C33H32Cl2N2O3/c1-7-29(38)21-9-13-30(40-6)25(15-21)28-17-26-32(36(28)18(2)3)31(24-12-11-22(34)14-20(24)5)37(33(26)39)27-16-23(35)10-8-19(27)4/h8-18,31H,7H2,1-6H3/t31-/m1/s1. The average molecular weight is 576 g/mol. The lowest BCUT2D eigenvalue weighted by Crippen LogP contribution is -2.31. The quantitative estimate of drug-likeness (QED) is 0.207. The van der Waals surface area contributed by atoms with E-state index in [1.54, 1.807) is 13.2 Å². The van der Waals surface area contributed by atoms with Gasteiger partial charge in [0.15, 0.2) is 5.78 Å². The van der Waals surface area contributed by atoms with Crippen molar-refractivity contribution in [3.05, 3.63) is 104 Å². The number of carbonyl (C=O) groups is 2. The summed E-state index contributed by atoms with van der Waals surface area (Å²) < 4.78 is 7.94. The van der Waals surface area contributed by atoms with Gasteiger partial charge in [0.2, 0.25) is 0 Å². The van der Waals surface area contributed by atoms with E-state index in [1.807, 2.05) is 80.3 Å². The van der Waals surface area contributed by atoms with E-state index >= 15 is 0 Å². The molecule has 5 rings (SSSR count). The summed E-state index contributed by atoms with van der Waals surface area (Å²) in [4.78, 5) is 28.9. The van der Waals surface area contributed by atoms with E-state index in [0.29, 0.717) is 33.3 Å². The number of rotatable bonds is 7. The first-order valence-electron chi connectivity index (χ1n) is 13.4. The minimum absolute atomic E-state index is 0.00250. The normalized spacial score (nSPS) is 14.7. The SMILES string of the molecule is CCC(=O)c1ccc(OC)c(-c2cc3c(n2C(C)C)[C@@H](c2ccc(Cl)cc2C)N(c2cc(Cl)ccc2C)C3=O)c1. The molecule has 206 valence electrons. The van der Waals surface area contributed by atoms with Crippen molar-refractivity contribution in [3.63, 3.8) is 0 Å². The molecule has 5 nitrogen and oxygen atoms in total. The van der Waals surface area contributed by atoms with Crippen molar-refractivity contribution in [1.82, 2.24) is 4.57 Å². The van der Waals surface area contributed by atoms with Gasteiger partial charge in [-0.2, -0.15) is 0 Å². The molecule has 1 aliphatic heterocycles. The fourth-order valence-corrected chi connectivity index (χ4v) is 6.12. The van der Waals surface area contributed by atoms with Crippen molar-refractivity contribution >= 4 is 40.6 Å². The monoisotopic (exact) mass is 574 g/mol. The Kier molecular flexibility index (Phi) is 7.56. The summed E-state index contributed by atoms with van der Waals surface area (Å²) in [7, 11) is 1.62. The first kappa shape index (κ1) is 28.0. The van der Waals surface area contributed by atoms with E-state index in [4.69, 9.17) is 27.9 Å². The Bertz CT molecular complexity index is 1650. The smallest absolute Gasteiger partial charge is 0.261 e. The second kappa shape index (κ2) is 10.8. The second-order valence-corrected chi connectivity index (χ2v) is 11.4. The molecule has 4 aromatic rings. The highest BCUT2D eigenvalue weighted by Crippen LogP contribution is 2.49. The van der Waals surface area contributed by atoms with Crippen LogP contribution in [-0.4, -0.2) is 23.4 Å². The maximum atomic E-state index is 14.4. The lowest BCUT2D eigenvalue weighted by atomic mass is 9.97. The second-order valence-electron chi connectivity index (χ2n) is 10.5. The van der Waals surface area contributed by atoms with Gasteiger partial charge in [0.05, 0.1) is 24.1 Å². The van der Waals surface area contributed by atoms with Crippen LogP contribution in [0.1, 0.15) is 82.4 Å². The van der Waals surface area contributed by atoms with E-state index in [2.05, 4.69) is 18.4 Å². The number of hydrogen-bond acceptors (Lipinski definition) is 3. The van der Waals surface area contributed by atoms with Crippen LogP contribution in [0.3, 0.4) is 0 Å². The fourth-order valence-electron chi connectivity index (χ4n) is 5.73. The molecule has 1 amide bonds. The van der Waals surface area contributed by atoms with Gasteiger partial charge in [-0.3, -0.25) is 14.5 Å². The summed E-state index contributed by atoms with van der Waals surface area (Å²) >= 11 is 12.8. The third-order valence-corrected chi connectivity index (χ3v) is 8.10. The van der Waals surface area contributed by atoms with Gasteiger partial charge >= 0.3 is 0 Å². The van der Waals surface area contributed by atoms with Gasteiger partial charge in [0, 0.05) is 39.3 Å². The lowest BCUT2D eigenvalue weighted by Gasteiger charge is -2.31. The van der Waals surface area contributed by atoms with Gasteiger partial charge in [-0.25, -0.2) is 0 Å². The molecule has 2 heterocycles. The van der Waals surface area contributed by atoms with Gasteiger partial charge in [0.1, 0.15) is 11.8 Å². The Balaban J connectivity index is 1.83. The van der Waals surface area contributed by atoms with Crippen molar-refractivity contribution in [2.75, 3.05) is 12.0 Å². The van der Waals surface area contributed by atoms with Crippen LogP contribution >= 0.6 is 23.2 Å². The number of fused-ring (bicyclic) bond motifs is 1.